The third-order valence-electron chi connectivity index (χ3n) is 4.29. The molecule has 1 aliphatic carbocycles. The number of nitrogens with one attached hydrogen (secondary N) is 1. The Bertz CT molecular complexity index is 226. The van der Waals surface area contributed by atoms with E-state index in [1.165, 1.54) is 51.9 Å². The van der Waals surface area contributed by atoms with Gasteiger partial charge in [0.25, 0.3) is 0 Å². The van der Waals surface area contributed by atoms with Gasteiger partial charge in [0.2, 0.25) is 0 Å². The van der Waals surface area contributed by atoms with Crippen molar-refractivity contribution < 1.29 is 0 Å². The van der Waals surface area contributed by atoms with Crippen LogP contribution in [0.2, 0.25) is 0 Å². The van der Waals surface area contributed by atoms with Gasteiger partial charge < -0.3 is 10.2 Å². The van der Waals surface area contributed by atoms with E-state index in [2.05, 4.69) is 36.0 Å². The fourth-order valence-corrected chi connectivity index (χ4v) is 2.62. The van der Waals surface area contributed by atoms with E-state index in [9.17, 15) is 0 Å². The van der Waals surface area contributed by atoms with Crippen molar-refractivity contribution in [1.29, 1.82) is 0 Å². The number of hydrogen-bond acceptors (Lipinski definition) is 3. The molecule has 0 radical (unpaired) electrons. The molecule has 1 atom stereocenters. The Morgan fingerprint density at radius 3 is 2.71 bits per heavy atom. The topological polar surface area (TPSA) is 18.5 Å². The Labute approximate surface area is 107 Å². The molecule has 0 amide bonds. The van der Waals surface area contributed by atoms with E-state index in [1.54, 1.807) is 0 Å². The first-order chi connectivity index (χ1) is 8.16. The summed E-state index contributed by atoms with van der Waals surface area (Å²) in [5.41, 5.74) is 0. The highest BCUT2D eigenvalue weighted by atomic mass is 15.2. The maximum Gasteiger partial charge on any atom is 0.0207 e. The fraction of sp³-hybridized carbons (Fsp3) is 1.00. The highest BCUT2D eigenvalue weighted by molar-refractivity contribution is 4.91. The van der Waals surface area contributed by atoms with Crippen LogP contribution in [0.5, 0.6) is 0 Å². The van der Waals surface area contributed by atoms with Crippen LogP contribution in [0.25, 0.3) is 0 Å². The van der Waals surface area contributed by atoms with Gasteiger partial charge in [-0.25, -0.2) is 0 Å². The summed E-state index contributed by atoms with van der Waals surface area (Å²) in [4.78, 5) is 5.10. The first-order valence-electron chi connectivity index (χ1n) is 7.34. The van der Waals surface area contributed by atoms with Gasteiger partial charge in [-0.2, -0.15) is 0 Å². The molecule has 1 aliphatic heterocycles. The molecule has 1 saturated carbocycles. The van der Waals surface area contributed by atoms with Crippen LogP contribution in [0.1, 0.15) is 39.5 Å². The smallest absolute Gasteiger partial charge is 0.0207 e. The minimum absolute atomic E-state index is 0.673. The monoisotopic (exact) mass is 239 g/mol. The van der Waals surface area contributed by atoms with E-state index < -0.39 is 0 Å². The predicted molar refractivity (Wildman–Crippen MR) is 73.4 cm³/mol. The summed E-state index contributed by atoms with van der Waals surface area (Å²) in [6, 6.07) is 2.39. The molecular weight excluding hydrogens is 210 g/mol. The number of nitrogens with zero attached hydrogens (tertiary/aromatic N) is 2. The quantitative estimate of drug-likeness (QED) is 0.680. The van der Waals surface area contributed by atoms with Crippen LogP contribution in [0.4, 0.5) is 0 Å². The molecule has 100 valence electrons. The first-order valence-corrected chi connectivity index (χ1v) is 7.34. The van der Waals surface area contributed by atoms with Gasteiger partial charge in [-0.15, -0.1) is 0 Å². The van der Waals surface area contributed by atoms with Crippen molar-refractivity contribution in [3.05, 3.63) is 0 Å². The zero-order valence-electron chi connectivity index (χ0n) is 11.8. The second kappa shape index (κ2) is 6.17. The van der Waals surface area contributed by atoms with Gasteiger partial charge in [0, 0.05) is 31.2 Å². The number of likely N-dealkylation sites (tertiary alicyclic amines) is 1. The summed E-state index contributed by atoms with van der Waals surface area (Å²) < 4.78 is 0. The van der Waals surface area contributed by atoms with E-state index in [4.69, 9.17) is 0 Å². The summed E-state index contributed by atoms with van der Waals surface area (Å²) in [5.74, 6) is 0. The molecule has 1 saturated heterocycles. The van der Waals surface area contributed by atoms with Gasteiger partial charge in [-0.05, 0) is 59.7 Å². The normalized spacial score (nSPS) is 26.3. The van der Waals surface area contributed by atoms with E-state index in [0.717, 1.165) is 12.1 Å². The van der Waals surface area contributed by atoms with Crippen LogP contribution in [0, 0.1) is 0 Å². The Morgan fingerprint density at radius 1 is 1.29 bits per heavy atom. The van der Waals surface area contributed by atoms with E-state index >= 15 is 0 Å². The minimum atomic E-state index is 0.673. The summed E-state index contributed by atoms with van der Waals surface area (Å²) in [6.07, 6.45) is 5.53. The van der Waals surface area contributed by atoms with Gasteiger partial charge in [0.15, 0.2) is 0 Å². The third kappa shape index (κ3) is 4.23. The summed E-state index contributed by atoms with van der Waals surface area (Å²) in [5, 5.41) is 3.72. The Kier molecular flexibility index (Phi) is 4.83. The SMILES string of the molecule is CC(C)N(C)CCCNC1CCN(C2CC2)C1. The maximum atomic E-state index is 3.72. The van der Waals surface area contributed by atoms with Crippen LogP contribution in [-0.4, -0.2) is 61.2 Å². The van der Waals surface area contributed by atoms with E-state index in [0.29, 0.717) is 6.04 Å². The standard InChI is InChI=1S/C14H29N3/c1-12(2)16(3)9-4-8-15-13-7-10-17(11-13)14-5-6-14/h12-15H,4-11H2,1-3H3. The van der Waals surface area contributed by atoms with Crippen LogP contribution < -0.4 is 5.32 Å². The molecule has 3 nitrogen and oxygen atoms in total. The molecule has 1 unspecified atom stereocenters. The summed E-state index contributed by atoms with van der Waals surface area (Å²) >= 11 is 0. The molecule has 0 spiro atoms. The first kappa shape index (κ1) is 13.3. The molecular formula is C14H29N3. The molecule has 2 rings (SSSR count). The Hall–Kier alpha value is -0.120. The van der Waals surface area contributed by atoms with Crippen LogP contribution in [-0.2, 0) is 0 Å². The second-order valence-electron chi connectivity index (χ2n) is 6.09. The van der Waals surface area contributed by atoms with Gasteiger partial charge in [-0.3, -0.25) is 4.90 Å². The van der Waals surface area contributed by atoms with E-state index in [-0.39, 0.29) is 0 Å². The van der Waals surface area contributed by atoms with Crippen LogP contribution in [0.15, 0.2) is 0 Å². The number of hydrogen-bond donors (Lipinski definition) is 1. The van der Waals surface area contributed by atoms with Crippen molar-refractivity contribution in [3.8, 4) is 0 Å². The molecule has 2 fully saturated rings. The Balaban J connectivity index is 1.51. The van der Waals surface area contributed by atoms with Crippen molar-refractivity contribution >= 4 is 0 Å². The lowest BCUT2D eigenvalue weighted by Crippen LogP contribution is -2.35. The Morgan fingerprint density at radius 2 is 2.06 bits per heavy atom. The van der Waals surface area contributed by atoms with Gasteiger partial charge >= 0.3 is 0 Å². The lowest BCUT2D eigenvalue weighted by Gasteiger charge is -2.21. The molecule has 2 aliphatic rings. The van der Waals surface area contributed by atoms with Crippen molar-refractivity contribution in [2.24, 2.45) is 0 Å². The summed E-state index contributed by atoms with van der Waals surface area (Å²) in [7, 11) is 2.22. The predicted octanol–water partition coefficient (Wildman–Crippen LogP) is 1.54. The zero-order valence-corrected chi connectivity index (χ0v) is 11.8. The number of rotatable bonds is 7. The molecule has 3 heteroatoms. The molecule has 0 aromatic carbocycles. The lowest BCUT2D eigenvalue weighted by atomic mass is 10.2. The van der Waals surface area contributed by atoms with Crippen molar-refractivity contribution in [2.45, 2.75) is 57.7 Å². The molecule has 17 heavy (non-hydrogen) atoms. The van der Waals surface area contributed by atoms with Crippen molar-refractivity contribution in [3.63, 3.8) is 0 Å². The summed E-state index contributed by atoms with van der Waals surface area (Å²) in [6.45, 7) is 9.54. The average molecular weight is 239 g/mol. The third-order valence-corrected chi connectivity index (χ3v) is 4.29. The average Bonchev–Trinajstić information content (AvgIpc) is 3.04. The zero-order chi connectivity index (χ0) is 12.3. The van der Waals surface area contributed by atoms with Gasteiger partial charge in [0.05, 0.1) is 0 Å². The second-order valence-corrected chi connectivity index (χ2v) is 6.09. The molecule has 1 N–H and O–H groups in total. The lowest BCUT2D eigenvalue weighted by molar-refractivity contribution is 0.266. The minimum Gasteiger partial charge on any atom is -0.313 e. The molecule has 1 heterocycles. The van der Waals surface area contributed by atoms with Crippen molar-refractivity contribution in [1.82, 2.24) is 15.1 Å². The van der Waals surface area contributed by atoms with E-state index in [1.807, 2.05) is 0 Å². The van der Waals surface area contributed by atoms with Crippen LogP contribution in [0.3, 0.4) is 0 Å². The molecule has 0 bridgehead atoms. The molecule has 0 aromatic rings. The molecule has 0 aromatic heterocycles. The highest BCUT2D eigenvalue weighted by Gasteiger charge is 2.33. The van der Waals surface area contributed by atoms with Gasteiger partial charge in [-0.1, -0.05) is 0 Å². The van der Waals surface area contributed by atoms with Crippen LogP contribution >= 0.6 is 0 Å². The van der Waals surface area contributed by atoms with Crippen molar-refractivity contribution in [2.75, 3.05) is 33.2 Å². The largest absolute Gasteiger partial charge is 0.313 e. The highest BCUT2D eigenvalue weighted by Crippen LogP contribution is 2.29. The maximum absolute atomic E-state index is 3.72. The fourth-order valence-electron chi connectivity index (χ4n) is 2.62. The van der Waals surface area contributed by atoms with Gasteiger partial charge in [0.1, 0.15) is 0 Å².